The van der Waals surface area contributed by atoms with Gasteiger partial charge in [-0.05, 0) is 60.2 Å². The third kappa shape index (κ3) is 6.18. The molecule has 7 heteroatoms. The fourth-order valence-corrected chi connectivity index (χ4v) is 4.19. The Morgan fingerprint density at radius 3 is 2.59 bits per heavy atom. The summed E-state index contributed by atoms with van der Waals surface area (Å²) in [5, 5.41) is 13.5. The van der Waals surface area contributed by atoms with Crippen molar-refractivity contribution in [2.45, 2.75) is 45.3 Å². The van der Waals surface area contributed by atoms with Crippen LogP contribution in [0.5, 0.6) is 11.5 Å². The molecule has 0 saturated heterocycles. The first-order chi connectivity index (χ1) is 15.4. The summed E-state index contributed by atoms with van der Waals surface area (Å²) in [5.74, 6) is 0.834. The lowest BCUT2D eigenvalue weighted by atomic mass is 9.86. The van der Waals surface area contributed by atoms with Gasteiger partial charge in [-0.25, -0.2) is 0 Å². The first kappa shape index (κ1) is 24.0. The average molecular weight is 473 g/mol. The molecule has 0 unspecified atom stereocenters. The maximum atomic E-state index is 12.7. The standard InChI is InChI=1S/C25H26Cl2N2O3/c1-16-5-3-4-6-22(16)29-25(30)19(14-28)11-18-12-21(27)24(23(13-18)31-2)32-15-17-7-9-20(26)10-8-17/h7-13,16,22H,3-6,15H2,1-2H3,(H,29,30)/b19-11+/t16-,22+/m0/s1. The van der Waals surface area contributed by atoms with E-state index in [0.29, 0.717) is 33.0 Å². The van der Waals surface area contributed by atoms with E-state index in [0.717, 1.165) is 24.8 Å². The van der Waals surface area contributed by atoms with Gasteiger partial charge in [0.1, 0.15) is 18.2 Å². The van der Waals surface area contributed by atoms with E-state index in [1.165, 1.54) is 19.6 Å². The molecule has 0 radical (unpaired) electrons. The monoisotopic (exact) mass is 472 g/mol. The van der Waals surface area contributed by atoms with Crippen molar-refractivity contribution in [3.05, 3.63) is 63.1 Å². The van der Waals surface area contributed by atoms with E-state index in [4.69, 9.17) is 32.7 Å². The van der Waals surface area contributed by atoms with Gasteiger partial charge in [-0.2, -0.15) is 5.26 Å². The van der Waals surface area contributed by atoms with Crippen molar-refractivity contribution in [2.75, 3.05) is 7.11 Å². The van der Waals surface area contributed by atoms with Crippen molar-refractivity contribution in [2.24, 2.45) is 5.92 Å². The van der Waals surface area contributed by atoms with Crippen LogP contribution in [0.15, 0.2) is 42.0 Å². The Bertz CT molecular complexity index is 1030. The number of halogens is 2. The molecule has 32 heavy (non-hydrogen) atoms. The molecule has 0 heterocycles. The van der Waals surface area contributed by atoms with Gasteiger partial charge in [-0.15, -0.1) is 0 Å². The highest BCUT2D eigenvalue weighted by atomic mass is 35.5. The summed E-state index contributed by atoms with van der Waals surface area (Å²) in [4.78, 5) is 12.7. The number of benzene rings is 2. The Kier molecular flexibility index (Phi) is 8.44. The predicted octanol–water partition coefficient (Wildman–Crippen LogP) is 6.18. The highest BCUT2D eigenvalue weighted by Crippen LogP contribution is 2.37. The molecule has 2 aromatic rings. The molecule has 1 saturated carbocycles. The molecule has 168 valence electrons. The smallest absolute Gasteiger partial charge is 0.262 e. The lowest BCUT2D eigenvalue weighted by Crippen LogP contribution is -2.41. The Morgan fingerprint density at radius 1 is 1.22 bits per heavy atom. The Morgan fingerprint density at radius 2 is 1.94 bits per heavy atom. The van der Waals surface area contributed by atoms with Crippen LogP contribution in [0.1, 0.15) is 43.7 Å². The van der Waals surface area contributed by atoms with Crippen LogP contribution in [-0.4, -0.2) is 19.1 Å². The molecule has 1 aliphatic rings. The summed E-state index contributed by atoms with van der Waals surface area (Å²) in [5.41, 5.74) is 1.53. The molecule has 1 aliphatic carbocycles. The molecule has 2 atom stereocenters. The predicted molar refractivity (Wildman–Crippen MR) is 127 cm³/mol. The van der Waals surface area contributed by atoms with E-state index in [1.807, 2.05) is 18.2 Å². The first-order valence-corrected chi connectivity index (χ1v) is 11.3. The molecular formula is C25H26Cl2N2O3. The van der Waals surface area contributed by atoms with E-state index in [9.17, 15) is 10.1 Å². The minimum Gasteiger partial charge on any atom is -0.493 e. The number of methoxy groups -OCH3 is 1. The first-order valence-electron chi connectivity index (χ1n) is 10.6. The third-order valence-corrected chi connectivity index (χ3v) is 6.18. The van der Waals surface area contributed by atoms with Crippen LogP contribution in [0.4, 0.5) is 0 Å². The number of nitrogens with one attached hydrogen (secondary N) is 1. The molecule has 0 aliphatic heterocycles. The molecule has 0 aromatic heterocycles. The zero-order chi connectivity index (χ0) is 23.1. The van der Waals surface area contributed by atoms with Gasteiger partial charge in [0.2, 0.25) is 0 Å². The summed E-state index contributed by atoms with van der Waals surface area (Å²) in [6, 6.07) is 12.7. The Balaban J connectivity index is 1.77. The molecule has 5 nitrogen and oxygen atoms in total. The zero-order valence-electron chi connectivity index (χ0n) is 18.2. The van der Waals surface area contributed by atoms with Crippen molar-refractivity contribution in [1.82, 2.24) is 5.32 Å². The van der Waals surface area contributed by atoms with Crippen LogP contribution in [0.3, 0.4) is 0 Å². The third-order valence-electron chi connectivity index (χ3n) is 5.65. The highest BCUT2D eigenvalue weighted by molar-refractivity contribution is 6.32. The minimum atomic E-state index is -0.371. The number of nitriles is 1. The van der Waals surface area contributed by atoms with Crippen molar-refractivity contribution >= 4 is 35.2 Å². The maximum absolute atomic E-state index is 12.7. The van der Waals surface area contributed by atoms with E-state index in [2.05, 4.69) is 12.2 Å². The summed E-state index contributed by atoms with van der Waals surface area (Å²) in [6.45, 7) is 2.42. The molecule has 0 spiro atoms. The van der Waals surface area contributed by atoms with Gasteiger partial charge >= 0.3 is 0 Å². The number of carbonyl (C=O) groups excluding carboxylic acids is 1. The summed E-state index contributed by atoms with van der Waals surface area (Å²) >= 11 is 12.4. The minimum absolute atomic E-state index is 0.0238. The largest absolute Gasteiger partial charge is 0.493 e. The van der Waals surface area contributed by atoms with Crippen LogP contribution < -0.4 is 14.8 Å². The van der Waals surface area contributed by atoms with E-state index >= 15 is 0 Å². The maximum Gasteiger partial charge on any atom is 0.262 e. The molecule has 2 aromatic carbocycles. The highest BCUT2D eigenvalue weighted by Gasteiger charge is 2.24. The molecule has 3 rings (SSSR count). The van der Waals surface area contributed by atoms with Gasteiger partial charge in [0.15, 0.2) is 11.5 Å². The van der Waals surface area contributed by atoms with Gasteiger partial charge in [-0.1, -0.05) is 55.1 Å². The number of carbonyl (C=O) groups is 1. The quantitative estimate of drug-likeness (QED) is 0.385. The van der Waals surface area contributed by atoms with Crippen molar-refractivity contribution in [1.29, 1.82) is 5.26 Å². The second-order valence-electron chi connectivity index (χ2n) is 7.96. The van der Waals surface area contributed by atoms with E-state index < -0.39 is 0 Å². The number of ether oxygens (including phenoxy) is 2. The second kappa shape index (κ2) is 11.3. The topological polar surface area (TPSA) is 71.3 Å². The fourth-order valence-electron chi connectivity index (χ4n) is 3.79. The van der Waals surface area contributed by atoms with E-state index in [-0.39, 0.29) is 24.1 Å². The van der Waals surface area contributed by atoms with Gasteiger partial charge in [0.05, 0.1) is 12.1 Å². The van der Waals surface area contributed by atoms with Gasteiger partial charge in [0.25, 0.3) is 5.91 Å². The van der Waals surface area contributed by atoms with Crippen LogP contribution in [0, 0.1) is 17.2 Å². The van der Waals surface area contributed by atoms with Crippen molar-refractivity contribution in [3.8, 4) is 17.6 Å². The molecule has 0 bridgehead atoms. The summed E-state index contributed by atoms with van der Waals surface area (Å²) in [7, 11) is 1.51. The lowest BCUT2D eigenvalue weighted by Gasteiger charge is -2.29. The molecule has 1 amide bonds. The summed E-state index contributed by atoms with van der Waals surface area (Å²) < 4.78 is 11.3. The van der Waals surface area contributed by atoms with E-state index in [1.54, 1.807) is 24.3 Å². The summed E-state index contributed by atoms with van der Waals surface area (Å²) in [6.07, 6.45) is 5.80. The lowest BCUT2D eigenvalue weighted by molar-refractivity contribution is -0.118. The number of amides is 1. The van der Waals surface area contributed by atoms with Gasteiger partial charge < -0.3 is 14.8 Å². The number of hydrogen-bond donors (Lipinski definition) is 1. The normalized spacial score (nSPS) is 18.5. The van der Waals surface area contributed by atoms with Gasteiger partial charge in [0, 0.05) is 11.1 Å². The Labute approximate surface area is 198 Å². The SMILES string of the molecule is COc1cc(/C=C(\C#N)C(=O)N[C@@H]2CCCC[C@@H]2C)cc(Cl)c1OCc1ccc(Cl)cc1. The number of hydrogen-bond acceptors (Lipinski definition) is 4. The fraction of sp³-hybridized carbons (Fsp3) is 0.360. The van der Waals surface area contributed by atoms with Crippen LogP contribution in [-0.2, 0) is 11.4 Å². The molecular weight excluding hydrogens is 447 g/mol. The molecule has 1 N–H and O–H groups in total. The average Bonchev–Trinajstić information content (AvgIpc) is 2.79. The number of nitrogens with zero attached hydrogens (tertiary/aromatic N) is 1. The molecule has 1 fully saturated rings. The van der Waals surface area contributed by atoms with Crippen LogP contribution in [0.2, 0.25) is 10.0 Å². The number of rotatable bonds is 7. The second-order valence-corrected chi connectivity index (χ2v) is 8.80. The Hall–Kier alpha value is -2.68. The van der Waals surface area contributed by atoms with Crippen LogP contribution in [0.25, 0.3) is 6.08 Å². The van der Waals surface area contributed by atoms with Crippen molar-refractivity contribution < 1.29 is 14.3 Å². The van der Waals surface area contributed by atoms with Gasteiger partial charge in [-0.3, -0.25) is 4.79 Å². The van der Waals surface area contributed by atoms with Crippen LogP contribution >= 0.6 is 23.2 Å². The van der Waals surface area contributed by atoms with Crippen molar-refractivity contribution in [3.63, 3.8) is 0 Å². The zero-order valence-corrected chi connectivity index (χ0v) is 19.7.